The van der Waals surface area contributed by atoms with Crippen molar-refractivity contribution in [2.24, 2.45) is 0 Å². The van der Waals surface area contributed by atoms with Crippen LogP contribution in [-0.2, 0) is 18.5 Å². The molecule has 5 rings (SSSR count). The highest BCUT2D eigenvalue weighted by atomic mass is 35.5. The van der Waals surface area contributed by atoms with Crippen molar-refractivity contribution in [2.75, 3.05) is 25.1 Å². The maximum atomic E-state index is 14.0. The first kappa shape index (κ1) is 31.0. The number of H-pyrrole nitrogens is 1. The van der Waals surface area contributed by atoms with Gasteiger partial charge in [0.2, 0.25) is 0 Å². The smallest absolute Gasteiger partial charge is 0.362 e. The number of rotatable bonds is 6. The van der Waals surface area contributed by atoms with E-state index in [2.05, 4.69) is 5.32 Å². The van der Waals surface area contributed by atoms with Gasteiger partial charge in [0.05, 0.1) is 22.8 Å². The fourth-order valence-corrected chi connectivity index (χ4v) is 6.35. The molecule has 2 aliphatic heterocycles. The van der Waals surface area contributed by atoms with Crippen molar-refractivity contribution in [2.45, 2.75) is 42.1 Å². The molecule has 2 N–H and O–H groups in total. The molecule has 0 spiro atoms. The number of carbonyl (C=O) groups excluding carboxylic acids is 2. The maximum absolute atomic E-state index is 14.0. The van der Waals surface area contributed by atoms with E-state index in [0.717, 1.165) is 35.4 Å². The van der Waals surface area contributed by atoms with Crippen LogP contribution >= 0.6 is 46.6 Å². The lowest BCUT2D eigenvalue weighted by atomic mass is 10.1. The molecule has 0 bridgehead atoms. The number of alkyl halides is 3. The molecular formula is C27H25Cl3F2N4O4S. The highest BCUT2D eigenvalue weighted by Crippen LogP contribution is 2.42. The van der Waals surface area contributed by atoms with Crippen LogP contribution in [0.2, 0.25) is 10.0 Å². The third-order valence-corrected chi connectivity index (χ3v) is 8.77. The summed E-state index contributed by atoms with van der Waals surface area (Å²) in [5.41, 5.74) is -0.195. The SMILES string of the molecule is C.COc1cc2c(cc1N1CCCNC1=O)CN(C(=O)c1c(Sc3c(Cl)cccc3Cl)cc(C(F)(F)Cl)[nH]c1=O)C2. The van der Waals surface area contributed by atoms with E-state index in [1.54, 1.807) is 35.2 Å². The molecule has 2 aromatic carbocycles. The number of fused-ring (bicyclic) bond motifs is 1. The summed E-state index contributed by atoms with van der Waals surface area (Å²) in [6.07, 6.45) is 0.757. The van der Waals surface area contributed by atoms with Crippen molar-refractivity contribution in [1.29, 1.82) is 0 Å². The second-order valence-corrected chi connectivity index (χ2v) is 11.4. The monoisotopic (exact) mass is 644 g/mol. The van der Waals surface area contributed by atoms with Gasteiger partial charge in [-0.3, -0.25) is 14.5 Å². The molecule has 3 heterocycles. The summed E-state index contributed by atoms with van der Waals surface area (Å²) in [5.74, 6) is -0.231. The number of amides is 3. The first-order chi connectivity index (χ1) is 19.0. The number of methoxy groups -OCH3 is 1. The number of benzene rings is 2. The highest BCUT2D eigenvalue weighted by Gasteiger charge is 2.35. The number of aromatic nitrogens is 1. The van der Waals surface area contributed by atoms with E-state index in [1.807, 2.05) is 4.98 Å². The van der Waals surface area contributed by atoms with Crippen LogP contribution in [0.15, 0.2) is 51.0 Å². The van der Waals surface area contributed by atoms with Crippen LogP contribution in [0.5, 0.6) is 5.75 Å². The number of halogens is 5. The Morgan fingerprint density at radius 2 is 1.76 bits per heavy atom. The third-order valence-electron chi connectivity index (χ3n) is 6.53. The number of aromatic amines is 1. The summed E-state index contributed by atoms with van der Waals surface area (Å²) < 4.78 is 33.6. The number of ether oxygens (including phenoxy) is 1. The quantitative estimate of drug-likeness (QED) is 0.286. The van der Waals surface area contributed by atoms with E-state index >= 15 is 0 Å². The predicted octanol–water partition coefficient (Wildman–Crippen LogP) is 6.84. The van der Waals surface area contributed by atoms with Crippen molar-refractivity contribution in [3.05, 3.63) is 79.2 Å². The summed E-state index contributed by atoms with van der Waals surface area (Å²) in [6.45, 7) is 1.32. The molecular weight excluding hydrogens is 621 g/mol. The first-order valence-corrected chi connectivity index (χ1v) is 13.9. The Hall–Kier alpha value is -2.99. The number of nitrogens with zero attached hydrogens (tertiary/aromatic N) is 2. The molecule has 1 aromatic heterocycles. The molecule has 3 aromatic rings. The molecule has 3 amide bonds. The highest BCUT2D eigenvalue weighted by molar-refractivity contribution is 7.99. The summed E-state index contributed by atoms with van der Waals surface area (Å²) >= 11 is 18.6. The van der Waals surface area contributed by atoms with Gasteiger partial charge in [0.1, 0.15) is 17.0 Å². The predicted molar refractivity (Wildman–Crippen MR) is 156 cm³/mol. The normalized spacial score (nSPS) is 14.8. The average molecular weight is 646 g/mol. The minimum absolute atomic E-state index is 0. The minimum Gasteiger partial charge on any atom is -0.495 e. The zero-order chi connectivity index (χ0) is 28.8. The molecule has 0 saturated carbocycles. The largest absolute Gasteiger partial charge is 0.495 e. The Bertz CT molecular complexity index is 1560. The lowest BCUT2D eigenvalue weighted by Gasteiger charge is -2.29. The van der Waals surface area contributed by atoms with Crippen LogP contribution in [-0.4, -0.2) is 42.0 Å². The third kappa shape index (κ3) is 6.13. The Kier molecular flexibility index (Phi) is 9.13. The molecule has 0 radical (unpaired) electrons. The van der Waals surface area contributed by atoms with Gasteiger partial charge < -0.3 is 19.9 Å². The first-order valence-electron chi connectivity index (χ1n) is 12.0. The van der Waals surface area contributed by atoms with Gasteiger partial charge in [0.15, 0.2) is 0 Å². The zero-order valence-electron chi connectivity index (χ0n) is 20.8. The molecule has 1 fully saturated rings. The van der Waals surface area contributed by atoms with Crippen molar-refractivity contribution < 1.29 is 23.1 Å². The Morgan fingerprint density at radius 1 is 1.10 bits per heavy atom. The van der Waals surface area contributed by atoms with Gasteiger partial charge in [-0.15, -0.1) is 0 Å². The Labute approximate surface area is 253 Å². The van der Waals surface area contributed by atoms with Gasteiger partial charge in [-0.2, -0.15) is 8.78 Å². The van der Waals surface area contributed by atoms with Crippen LogP contribution in [0.3, 0.4) is 0 Å². The van der Waals surface area contributed by atoms with Crippen LogP contribution in [0.4, 0.5) is 19.3 Å². The van der Waals surface area contributed by atoms with Crippen LogP contribution in [0, 0.1) is 0 Å². The fraction of sp³-hybridized carbons (Fsp3) is 0.296. The van der Waals surface area contributed by atoms with E-state index in [1.165, 1.54) is 12.0 Å². The summed E-state index contributed by atoms with van der Waals surface area (Å²) in [7, 11) is 1.49. The van der Waals surface area contributed by atoms with E-state index in [0.29, 0.717) is 24.5 Å². The molecule has 0 atom stereocenters. The average Bonchev–Trinajstić information content (AvgIpc) is 3.32. The number of carbonyl (C=O) groups is 2. The van der Waals surface area contributed by atoms with Gasteiger partial charge in [-0.1, -0.05) is 48.5 Å². The van der Waals surface area contributed by atoms with Gasteiger partial charge in [0, 0.05) is 36.0 Å². The summed E-state index contributed by atoms with van der Waals surface area (Å²) in [4.78, 5) is 44.5. The number of nitrogens with one attached hydrogen (secondary N) is 2. The molecule has 8 nitrogen and oxygen atoms in total. The number of pyridine rings is 1. The summed E-state index contributed by atoms with van der Waals surface area (Å²) in [6, 6.07) is 8.93. The molecule has 0 aliphatic carbocycles. The number of urea groups is 1. The number of hydrogen-bond donors (Lipinski definition) is 2. The molecule has 41 heavy (non-hydrogen) atoms. The second-order valence-electron chi connectivity index (χ2n) is 9.09. The lowest BCUT2D eigenvalue weighted by molar-refractivity contribution is 0.0740. The van der Waals surface area contributed by atoms with E-state index < -0.39 is 22.5 Å². The van der Waals surface area contributed by atoms with Crippen LogP contribution in [0.25, 0.3) is 0 Å². The number of anilines is 1. The molecule has 1 saturated heterocycles. The minimum atomic E-state index is -3.89. The van der Waals surface area contributed by atoms with Gasteiger partial charge in [-0.25, -0.2) is 4.79 Å². The zero-order valence-corrected chi connectivity index (χ0v) is 23.9. The molecule has 14 heteroatoms. The topological polar surface area (TPSA) is 94.7 Å². The standard InChI is InChI=1S/C26H21Cl3F2N4O4S.CH4/c1-39-18-9-14-12-34(11-13(14)8-17(18)35-7-3-6-32-25(35)38)24(37)21-19(10-20(26(29,30)31)33-23(21)36)40-22-15(27)4-2-5-16(22)28;/h2,4-5,8-10H,3,6-7,11-12H2,1H3,(H,32,38)(H,33,36);1H4. The fourth-order valence-electron chi connectivity index (χ4n) is 4.61. The van der Waals surface area contributed by atoms with Crippen LogP contribution < -0.4 is 20.5 Å². The van der Waals surface area contributed by atoms with Gasteiger partial charge in [-0.05, 0) is 59.5 Å². The van der Waals surface area contributed by atoms with E-state index in [4.69, 9.17) is 39.5 Å². The van der Waals surface area contributed by atoms with Crippen LogP contribution in [0.1, 0.15) is 41.0 Å². The van der Waals surface area contributed by atoms with E-state index in [-0.39, 0.29) is 51.9 Å². The van der Waals surface area contributed by atoms with Crippen molar-refractivity contribution in [1.82, 2.24) is 15.2 Å². The molecule has 218 valence electrons. The van der Waals surface area contributed by atoms with Gasteiger partial charge in [0.25, 0.3) is 11.5 Å². The van der Waals surface area contributed by atoms with Gasteiger partial charge >= 0.3 is 11.4 Å². The second kappa shape index (κ2) is 12.1. The Morgan fingerprint density at radius 3 is 2.37 bits per heavy atom. The lowest BCUT2D eigenvalue weighted by Crippen LogP contribution is -2.46. The number of hydrogen-bond acceptors (Lipinski definition) is 5. The molecule has 0 unspecified atom stereocenters. The van der Waals surface area contributed by atoms with Crippen molar-refractivity contribution >= 4 is 64.2 Å². The van der Waals surface area contributed by atoms with Crippen molar-refractivity contribution in [3.63, 3.8) is 0 Å². The van der Waals surface area contributed by atoms with E-state index in [9.17, 15) is 23.2 Å². The Balaban J connectivity index is 0.00000387. The summed E-state index contributed by atoms with van der Waals surface area (Å²) in [5, 5.41) is -0.666. The van der Waals surface area contributed by atoms with Crippen molar-refractivity contribution in [3.8, 4) is 5.75 Å². The maximum Gasteiger partial charge on any atom is 0.362 e. The molecule has 2 aliphatic rings.